The van der Waals surface area contributed by atoms with E-state index in [1.165, 1.54) is 5.57 Å². The van der Waals surface area contributed by atoms with Gasteiger partial charge in [0.25, 0.3) is 0 Å². The number of nitrogens with one attached hydrogen (secondary N) is 1. The van der Waals surface area contributed by atoms with E-state index in [0.29, 0.717) is 0 Å². The average molecular weight is 194 g/mol. The van der Waals surface area contributed by atoms with Gasteiger partial charge in [0.15, 0.2) is 0 Å². The first-order valence-corrected chi connectivity index (χ1v) is 5.23. The van der Waals surface area contributed by atoms with E-state index in [1.807, 2.05) is 0 Å². The number of nitrogens with zero attached hydrogens (tertiary/aromatic N) is 1. The van der Waals surface area contributed by atoms with Crippen molar-refractivity contribution in [3.05, 3.63) is 11.6 Å². The monoisotopic (exact) mass is 194 g/mol. The third-order valence-electron chi connectivity index (χ3n) is 2.51. The Morgan fingerprint density at radius 3 is 2.07 bits per heavy atom. The summed E-state index contributed by atoms with van der Waals surface area (Å²) in [5.41, 5.74) is 6.06. The van der Waals surface area contributed by atoms with Crippen molar-refractivity contribution in [3.8, 4) is 0 Å². The van der Waals surface area contributed by atoms with Crippen LogP contribution < -0.4 is 5.43 Å². The van der Waals surface area contributed by atoms with Crippen LogP contribution in [0.1, 0.15) is 41.5 Å². The van der Waals surface area contributed by atoms with Crippen molar-refractivity contribution in [1.29, 1.82) is 0 Å². The summed E-state index contributed by atoms with van der Waals surface area (Å²) in [6.45, 7) is 14.2. The van der Waals surface area contributed by atoms with Crippen molar-refractivity contribution in [2.75, 3.05) is 6.54 Å². The summed E-state index contributed by atoms with van der Waals surface area (Å²) in [5.74, 6) is 0. The van der Waals surface area contributed by atoms with E-state index in [9.17, 15) is 0 Å². The lowest BCUT2D eigenvalue weighted by molar-refractivity contribution is 0.473. The molecule has 1 N–H and O–H groups in total. The van der Waals surface area contributed by atoms with Crippen LogP contribution in [0.4, 0.5) is 0 Å². The lowest BCUT2D eigenvalue weighted by Gasteiger charge is -2.29. The Kier molecular flexibility index (Phi) is 2.75. The molecule has 0 fully saturated rings. The molecule has 1 aliphatic heterocycles. The van der Waals surface area contributed by atoms with Crippen molar-refractivity contribution < 1.29 is 0 Å². The molecule has 1 heterocycles. The van der Waals surface area contributed by atoms with Crippen LogP contribution in [0.25, 0.3) is 0 Å². The molecule has 80 valence electrons. The predicted molar refractivity (Wildman–Crippen MR) is 62.4 cm³/mol. The molecule has 0 bridgehead atoms. The van der Waals surface area contributed by atoms with E-state index >= 15 is 0 Å². The quantitative estimate of drug-likeness (QED) is 0.630. The number of hydrogen-bond donors (Lipinski definition) is 1. The standard InChI is InChI=1S/C12H22N2/c1-11(2,3)9-7-10(12(4,5)6)14-13-8-9/h7,13H,8H2,1-6H3. The van der Waals surface area contributed by atoms with Gasteiger partial charge in [-0.1, -0.05) is 41.5 Å². The SMILES string of the molecule is CC(C)(C)C1=CC(C(C)(C)C)=NNC1. The van der Waals surface area contributed by atoms with E-state index < -0.39 is 0 Å². The van der Waals surface area contributed by atoms with Gasteiger partial charge in [0, 0.05) is 5.41 Å². The maximum Gasteiger partial charge on any atom is 0.0656 e. The topological polar surface area (TPSA) is 24.4 Å². The zero-order valence-corrected chi connectivity index (χ0v) is 10.2. The minimum Gasteiger partial charge on any atom is -0.306 e. The largest absolute Gasteiger partial charge is 0.306 e. The first-order chi connectivity index (χ1) is 6.21. The van der Waals surface area contributed by atoms with Gasteiger partial charge >= 0.3 is 0 Å². The average Bonchev–Trinajstić information content (AvgIpc) is 2.01. The van der Waals surface area contributed by atoms with E-state index in [2.05, 4.69) is 58.1 Å². The molecule has 1 rings (SSSR count). The Balaban J connectivity index is 2.95. The highest BCUT2D eigenvalue weighted by atomic mass is 15.3. The van der Waals surface area contributed by atoms with Crippen molar-refractivity contribution in [1.82, 2.24) is 5.43 Å². The smallest absolute Gasteiger partial charge is 0.0656 e. The third-order valence-corrected chi connectivity index (χ3v) is 2.51. The summed E-state index contributed by atoms with van der Waals surface area (Å²) in [4.78, 5) is 0. The first-order valence-electron chi connectivity index (χ1n) is 5.23. The van der Waals surface area contributed by atoms with E-state index in [-0.39, 0.29) is 10.8 Å². The molecule has 0 radical (unpaired) electrons. The molecule has 0 aromatic rings. The lowest BCUT2D eigenvalue weighted by Crippen LogP contribution is -2.31. The van der Waals surface area contributed by atoms with Crippen molar-refractivity contribution in [2.24, 2.45) is 15.9 Å². The molecule has 0 amide bonds. The highest BCUT2D eigenvalue weighted by Gasteiger charge is 2.24. The molecule has 1 aliphatic rings. The molecule has 0 aromatic carbocycles. The molecule has 2 heteroatoms. The van der Waals surface area contributed by atoms with Gasteiger partial charge in [-0.15, -0.1) is 0 Å². The fourth-order valence-corrected chi connectivity index (χ4v) is 1.32. The molecule has 2 nitrogen and oxygen atoms in total. The second-order valence-corrected chi connectivity index (χ2v) is 6.00. The Bertz CT molecular complexity index is 272. The number of hydrazone groups is 1. The summed E-state index contributed by atoms with van der Waals surface area (Å²) in [5, 5.41) is 4.35. The van der Waals surface area contributed by atoms with Crippen LogP contribution in [0.3, 0.4) is 0 Å². The zero-order valence-electron chi connectivity index (χ0n) is 10.2. The molecule has 0 spiro atoms. The lowest BCUT2D eigenvalue weighted by atomic mass is 9.81. The van der Waals surface area contributed by atoms with Crippen LogP contribution in [-0.4, -0.2) is 12.3 Å². The van der Waals surface area contributed by atoms with Crippen LogP contribution in [0.2, 0.25) is 0 Å². The molecule has 0 saturated heterocycles. The predicted octanol–water partition coefficient (Wildman–Crippen LogP) is 2.96. The second kappa shape index (κ2) is 3.41. The minimum atomic E-state index is 0.129. The molecule has 0 atom stereocenters. The molecule has 14 heavy (non-hydrogen) atoms. The number of allylic oxidation sites excluding steroid dienone is 1. The van der Waals surface area contributed by atoms with E-state index in [4.69, 9.17) is 0 Å². The van der Waals surface area contributed by atoms with Crippen LogP contribution >= 0.6 is 0 Å². The zero-order chi connectivity index (χ0) is 11.0. The summed E-state index contributed by atoms with van der Waals surface area (Å²) < 4.78 is 0. The highest BCUT2D eigenvalue weighted by molar-refractivity contribution is 5.99. The summed E-state index contributed by atoms with van der Waals surface area (Å²) in [6, 6.07) is 0. The van der Waals surface area contributed by atoms with Crippen LogP contribution in [0, 0.1) is 10.8 Å². The second-order valence-electron chi connectivity index (χ2n) is 6.00. The molecular weight excluding hydrogens is 172 g/mol. The van der Waals surface area contributed by atoms with Gasteiger partial charge in [0.1, 0.15) is 0 Å². The van der Waals surface area contributed by atoms with E-state index in [0.717, 1.165) is 12.3 Å². The molecular formula is C12H22N2. The summed E-state index contributed by atoms with van der Waals surface area (Å²) in [6.07, 6.45) is 2.25. The summed E-state index contributed by atoms with van der Waals surface area (Å²) in [7, 11) is 0. The maximum atomic E-state index is 4.35. The Morgan fingerprint density at radius 2 is 1.64 bits per heavy atom. The molecule has 0 aromatic heterocycles. The molecule has 0 saturated carbocycles. The van der Waals surface area contributed by atoms with Crippen molar-refractivity contribution >= 4 is 5.71 Å². The fraction of sp³-hybridized carbons (Fsp3) is 0.750. The Morgan fingerprint density at radius 1 is 1.07 bits per heavy atom. The van der Waals surface area contributed by atoms with Gasteiger partial charge in [-0.3, -0.25) is 0 Å². The van der Waals surface area contributed by atoms with Gasteiger partial charge in [-0.05, 0) is 17.1 Å². The minimum absolute atomic E-state index is 0.129. The summed E-state index contributed by atoms with van der Waals surface area (Å²) >= 11 is 0. The third kappa shape index (κ3) is 2.60. The highest BCUT2D eigenvalue weighted by Crippen LogP contribution is 2.28. The Labute approximate surface area is 87.5 Å². The van der Waals surface area contributed by atoms with Gasteiger partial charge < -0.3 is 5.43 Å². The molecule has 0 aliphatic carbocycles. The number of rotatable bonds is 0. The van der Waals surface area contributed by atoms with Crippen molar-refractivity contribution in [2.45, 2.75) is 41.5 Å². The van der Waals surface area contributed by atoms with E-state index in [1.54, 1.807) is 0 Å². The van der Waals surface area contributed by atoms with Gasteiger partial charge in [-0.25, -0.2) is 0 Å². The van der Waals surface area contributed by atoms with Gasteiger partial charge in [0.2, 0.25) is 0 Å². The Hall–Kier alpha value is -0.790. The van der Waals surface area contributed by atoms with Gasteiger partial charge in [0.05, 0.1) is 12.3 Å². The normalized spacial score (nSPS) is 18.4. The first kappa shape index (κ1) is 11.3. The van der Waals surface area contributed by atoms with Crippen LogP contribution in [0.15, 0.2) is 16.8 Å². The van der Waals surface area contributed by atoms with Crippen molar-refractivity contribution in [3.63, 3.8) is 0 Å². The van der Waals surface area contributed by atoms with Gasteiger partial charge in [-0.2, -0.15) is 5.10 Å². The van der Waals surface area contributed by atoms with Crippen LogP contribution in [-0.2, 0) is 0 Å². The number of hydrogen-bond acceptors (Lipinski definition) is 2. The maximum absolute atomic E-state index is 4.35. The fourth-order valence-electron chi connectivity index (χ4n) is 1.32. The molecule has 0 unspecified atom stereocenters. The van der Waals surface area contributed by atoms with Crippen LogP contribution in [0.5, 0.6) is 0 Å².